The normalized spacial score (nSPS) is 15.9. The Morgan fingerprint density at radius 2 is 1.01 bits per heavy atom. The van der Waals surface area contributed by atoms with E-state index in [1.165, 1.54) is 61.7 Å². The van der Waals surface area contributed by atoms with Gasteiger partial charge in [-0.3, -0.25) is 4.79 Å². The molecule has 456 valence electrons. The zero-order valence-corrected chi connectivity index (χ0v) is 53.8. The Bertz CT molecular complexity index is 3730. The molecule has 0 aromatic heterocycles. The Labute approximate surface area is 508 Å². The molecule has 0 spiro atoms. The Morgan fingerprint density at radius 1 is 0.558 bits per heavy atom. The third-order valence-corrected chi connectivity index (χ3v) is 21.2. The first-order valence-electron chi connectivity index (χ1n) is 28.3. The van der Waals surface area contributed by atoms with Crippen molar-refractivity contribution < 1.29 is 71.0 Å². The van der Waals surface area contributed by atoms with Gasteiger partial charge in [-0.25, -0.2) is 0 Å². The summed E-state index contributed by atoms with van der Waals surface area (Å²) in [6, 6.07) is 46.9. The summed E-state index contributed by atoms with van der Waals surface area (Å²) in [7, 11) is -13.9. The third kappa shape index (κ3) is 18.7. The molecule has 1 fully saturated rings. The molecule has 0 N–H and O–H groups in total. The molecular weight excluding hydrogens is 1190 g/mol. The van der Waals surface area contributed by atoms with Crippen LogP contribution < -0.4 is 26.8 Å². The van der Waals surface area contributed by atoms with Gasteiger partial charge in [0.15, 0.2) is 19.4 Å². The molecule has 1 saturated heterocycles. The average molecular weight is 1260 g/mol. The van der Waals surface area contributed by atoms with Crippen molar-refractivity contribution in [2.75, 3.05) is 33.9 Å². The number of methoxy groups -OCH3 is 1. The van der Waals surface area contributed by atoms with Gasteiger partial charge in [-0.15, -0.1) is 0 Å². The zero-order valence-electron chi connectivity index (χ0n) is 49.4. The molecule has 21 heteroatoms. The van der Waals surface area contributed by atoms with E-state index in [1.807, 2.05) is 12.1 Å². The fraction of sp³-hybridized carbons (Fsp3) is 0.308. The Hall–Kier alpha value is -7.09. The highest BCUT2D eigenvalue weighted by atomic mass is 32.2. The van der Waals surface area contributed by atoms with Gasteiger partial charge in [-0.05, 0) is 139 Å². The van der Waals surface area contributed by atoms with Crippen molar-refractivity contribution in [3.8, 4) is 34.5 Å². The van der Waals surface area contributed by atoms with Gasteiger partial charge in [0.25, 0.3) is 0 Å². The summed E-state index contributed by atoms with van der Waals surface area (Å²) in [4.78, 5) is 15.1. The summed E-state index contributed by atoms with van der Waals surface area (Å²) in [6.07, 6.45) is 3.69. The summed E-state index contributed by atoms with van der Waals surface area (Å²) >= 11 is 0. The van der Waals surface area contributed by atoms with Crippen LogP contribution in [0.2, 0.25) is 51.4 Å². The van der Waals surface area contributed by atoms with E-state index in [9.17, 15) is 25.3 Å². The van der Waals surface area contributed by atoms with Gasteiger partial charge in [0, 0.05) is 41.0 Å². The fourth-order valence-corrected chi connectivity index (χ4v) is 13.7. The van der Waals surface area contributed by atoms with E-state index < -0.39 is 70.4 Å². The lowest BCUT2D eigenvalue weighted by Gasteiger charge is -2.37. The molecular formula is C65H74O16S3Si2. The quantitative estimate of drug-likeness (QED) is 0.0103. The van der Waals surface area contributed by atoms with Gasteiger partial charge in [0.1, 0.15) is 54.7 Å². The van der Waals surface area contributed by atoms with Crippen LogP contribution in [0.1, 0.15) is 63.9 Å². The summed E-state index contributed by atoms with van der Waals surface area (Å²) < 4.78 is 134. The van der Waals surface area contributed by atoms with Crippen LogP contribution >= 0.6 is 0 Å². The second-order valence-electron chi connectivity index (χ2n) is 23.1. The molecule has 0 amide bonds. The van der Waals surface area contributed by atoms with Crippen LogP contribution in [0.15, 0.2) is 191 Å². The number of carbonyl (C=O) groups excluding carboxylic acids is 1. The minimum Gasteiger partial charge on any atom is -0.496 e. The van der Waals surface area contributed by atoms with Crippen LogP contribution in [0.4, 0.5) is 0 Å². The van der Waals surface area contributed by atoms with Crippen molar-refractivity contribution in [1.82, 2.24) is 0 Å². The molecule has 0 unspecified atom stereocenters. The summed E-state index contributed by atoms with van der Waals surface area (Å²) in [6.45, 7) is 14.1. The van der Waals surface area contributed by atoms with E-state index in [0.717, 1.165) is 23.2 Å². The Kier molecular flexibility index (Phi) is 21.9. The second kappa shape index (κ2) is 29.1. The van der Waals surface area contributed by atoms with Crippen molar-refractivity contribution in [2.45, 2.75) is 110 Å². The smallest absolute Gasteiger partial charge is 0.339 e. The number of hydrogen-bond acceptors (Lipinski definition) is 16. The molecule has 8 rings (SSSR count). The van der Waals surface area contributed by atoms with Gasteiger partial charge >= 0.3 is 30.4 Å². The van der Waals surface area contributed by atoms with Gasteiger partial charge in [0.05, 0.1) is 19.3 Å². The third-order valence-electron chi connectivity index (χ3n) is 14.1. The number of carbonyl (C=O) groups is 1. The summed E-state index contributed by atoms with van der Waals surface area (Å²) in [5, 5.41) is 0. The highest BCUT2D eigenvalue weighted by Crippen LogP contribution is 2.51. The Morgan fingerprint density at radius 3 is 1.48 bits per heavy atom. The van der Waals surface area contributed by atoms with Crippen molar-refractivity contribution in [3.63, 3.8) is 0 Å². The highest BCUT2D eigenvalue weighted by Gasteiger charge is 2.38. The predicted molar refractivity (Wildman–Crippen MR) is 336 cm³/mol. The minimum absolute atomic E-state index is 0.00761. The summed E-state index contributed by atoms with van der Waals surface area (Å²) in [5.41, 5.74) is 2.84. The van der Waals surface area contributed by atoms with E-state index in [2.05, 4.69) is 39.3 Å². The first-order valence-corrected chi connectivity index (χ1v) is 39.9. The fourth-order valence-electron chi connectivity index (χ4n) is 9.36. The first-order chi connectivity index (χ1) is 40.9. The second-order valence-corrected chi connectivity index (χ2v) is 39.0. The molecule has 86 heavy (non-hydrogen) atoms. The van der Waals surface area contributed by atoms with E-state index in [4.69, 9.17) is 41.0 Å². The molecule has 0 bridgehead atoms. The number of ether oxygens (including phenoxy) is 6. The van der Waals surface area contributed by atoms with Gasteiger partial charge < -0.3 is 41.0 Å². The minimum atomic E-state index is -4.15. The number of benzene rings is 7. The highest BCUT2D eigenvalue weighted by molar-refractivity contribution is 7.87. The van der Waals surface area contributed by atoms with E-state index in [-0.39, 0.29) is 62.6 Å². The summed E-state index contributed by atoms with van der Waals surface area (Å²) in [5.74, 6) is 0.126. The molecule has 16 nitrogen and oxygen atoms in total. The Balaban J connectivity index is 1.16. The molecule has 1 aliphatic heterocycles. The van der Waals surface area contributed by atoms with Crippen molar-refractivity contribution in [3.05, 3.63) is 204 Å². The molecule has 7 aromatic carbocycles. The van der Waals surface area contributed by atoms with Crippen LogP contribution in [-0.4, -0.2) is 87.2 Å². The van der Waals surface area contributed by atoms with E-state index in [0.29, 0.717) is 55.8 Å². The molecule has 7 aromatic rings. The number of rotatable bonds is 30. The van der Waals surface area contributed by atoms with Crippen molar-refractivity contribution in [1.29, 1.82) is 0 Å². The number of aryl methyl sites for hydroxylation is 1. The first kappa shape index (κ1) is 64.9. The average Bonchev–Trinajstić information content (AvgIpc) is 1.02. The van der Waals surface area contributed by atoms with Crippen LogP contribution in [0, 0.1) is 0 Å². The lowest BCUT2D eigenvalue weighted by molar-refractivity contribution is -0.0640. The maximum absolute atomic E-state index is 15.0. The van der Waals surface area contributed by atoms with Crippen LogP contribution in [0.5, 0.6) is 34.5 Å². The monoisotopic (exact) mass is 1260 g/mol. The standard InChI is InChI=1S/C65H74O16S3Si2/c1-73-61-45-62(76-46-74-39-41-85(2,3)4)63(65(77-47-75-40-42-86(5,6)7)64(61)59(66)38-28-49-25-33-53(34-26-49)80-83(69,70)57-19-13-9-14-20-57)51-43-55(35-27-48-23-31-52(32-24-48)79-82(67,68)56-17-11-8-12-18-56)78-60(44-51)50-29-36-54(37-30-50)81-84(71,72)58-21-15-10-16-22-58/h8-26,28-34,36-38,45,51,55,60H,27,35,39-44,46-47H2,1-7H3/b38-28+/t51-,55+,60+/m1/s1. The largest absolute Gasteiger partial charge is 0.496 e. The van der Waals surface area contributed by atoms with Crippen LogP contribution in [0.3, 0.4) is 0 Å². The maximum Gasteiger partial charge on any atom is 0.339 e. The van der Waals surface area contributed by atoms with E-state index >= 15 is 4.79 Å². The molecule has 0 aliphatic carbocycles. The van der Waals surface area contributed by atoms with Crippen molar-refractivity contribution in [2.24, 2.45) is 0 Å². The number of hydrogen-bond donors (Lipinski definition) is 0. The van der Waals surface area contributed by atoms with Crippen LogP contribution in [0.25, 0.3) is 6.08 Å². The number of ketones is 1. The molecule has 0 saturated carbocycles. The number of allylic oxidation sites excluding steroid dienone is 1. The maximum atomic E-state index is 15.0. The molecule has 1 heterocycles. The lowest BCUT2D eigenvalue weighted by atomic mass is 9.80. The van der Waals surface area contributed by atoms with Gasteiger partial charge in [-0.2, -0.15) is 25.3 Å². The lowest BCUT2D eigenvalue weighted by Crippen LogP contribution is -2.29. The molecule has 0 radical (unpaired) electrons. The zero-order chi connectivity index (χ0) is 61.5. The van der Waals surface area contributed by atoms with E-state index in [1.54, 1.807) is 115 Å². The SMILES string of the molecule is COc1cc(OCOCC[Si](C)(C)C)c([C@@H]2C[C@H](CCc3ccc(OS(=O)(=O)c4ccccc4)cc3)O[C@H](c3ccc(OS(=O)(=O)c4ccccc4)cc3)C2)c(OCOCC[Si](C)(C)C)c1C(=O)/C=C/c1ccc(OS(=O)(=O)c2ccccc2)cc1. The van der Waals surface area contributed by atoms with Gasteiger partial charge in [0.2, 0.25) is 0 Å². The molecule has 1 aliphatic rings. The predicted octanol–water partition coefficient (Wildman–Crippen LogP) is 13.9. The molecule has 3 atom stereocenters. The van der Waals surface area contributed by atoms with Gasteiger partial charge in [-0.1, -0.05) is 136 Å². The topological polar surface area (TPSA) is 203 Å². The van der Waals surface area contributed by atoms with Crippen molar-refractivity contribution >= 4 is 58.4 Å². The van der Waals surface area contributed by atoms with Crippen LogP contribution in [-0.2, 0) is 51.0 Å².